The van der Waals surface area contributed by atoms with Crippen molar-refractivity contribution in [2.75, 3.05) is 16.0 Å². The molecule has 38 heavy (non-hydrogen) atoms. The normalized spacial score (nSPS) is 17.5. The molecule has 3 heterocycles. The highest BCUT2D eigenvalue weighted by Gasteiger charge is 2.42. The maximum Gasteiger partial charge on any atom is 0.236 e. The number of halogens is 2. The first-order chi connectivity index (χ1) is 18.3. The zero-order chi connectivity index (χ0) is 27.0. The number of amides is 1. The highest BCUT2D eigenvalue weighted by Crippen LogP contribution is 2.47. The van der Waals surface area contributed by atoms with Crippen LogP contribution >= 0.6 is 39.0 Å². The molecule has 1 atom stereocenters. The third kappa shape index (κ3) is 4.96. The van der Waals surface area contributed by atoms with Crippen molar-refractivity contribution in [3.63, 3.8) is 0 Å². The smallest absolute Gasteiger partial charge is 0.236 e. The lowest BCUT2D eigenvalue weighted by atomic mass is 9.75. The molecule has 0 saturated heterocycles. The Labute approximate surface area is 232 Å². The molecule has 5 rings (SSSR count). The number of aryl methyl sites for hydroxylation is 1. The summed E-state index contributed by atoms with van der Waals surface area (Å²) < 4.78 is 21.0. The van der Waals surface area contributed by atoms with E-state index in [0.717, 1.165) is 0 Å². The van der Waals surface area contributed by atoms with Gasteiger partial charge in [-0.25, -0.2) is 4.39 Å². The molecule has 0 bridgehead atoms. The van der Waals surface area contributed by atoms with Crippen LogP contribution in [0.1, 0.15) is 36.5 Å². The van der Waals surface area contributed by atoms with E-state index in [0.29, 0.717) is 49.6 Å². The van der Waals surface area contributed by atoms with Crippen LogP contribution in [0.15, 0.2) is 60.3 Å². The molecule has 0 spiro atoms. The zero-order valence-electron chi connectivity index (χ0n) is 19.8. The molecule has 1 aromatic carbocycles. The molecular weight excluding hydrogens is 597 g/mol. The number of Topliss-reactive ketones (excluding diaryl/α,β-unsaturated/α-hetero) is 1. The van der Waals surface area contributed by atoms with Gasteiger partial charge in [-0.05, 0) is 38.0 Å². The van der Waals surface area contributed by atoms with E-state index in [9.17, 15) is 19.2 Å². The molecule has 0 radical (unpaired) electrons. The average molecular weight is 616 g/mol. The van der Waals surface area contributed by atoms with E-state index in [1.165, 1.54) is 29.2 Å². The average Bonchev–Trinajstić information content (AvgIpc) is 3.52. The summed E-state index contributed by atoms with van der Waals surface area (Å²) in [5.41, 5.74) is 7.68. The maximum atomic E-state index is 15.0. The molecule has 14 heteroatoms. The van der Waals surface area contributed by atoms with Gasteiger partial charge in [0, 0.05) is 33.8 Å². The molecule has 0 saturated carbocycles. The summed E-state index contributed by atoms with van der Waals surface area (Å²) in [5.74, 6) is -0.924. The van der Waals surface area contributed by atoms with Crippen LogP contribution < -0.4 is 16.0 Å². The molecule has 3 aromatic rings. The Morgan fingerprint density at radius 1 is 1.39 bits per heavy atom. The predicted molar refractivity (Wildman–Crippen MR) is 143 cm³/mol. The first-order valence-electron chi connectivity index (χ1n) is 11.4. The van der Waals surface area contributed by atoms with Gasteiger partial charge in [0.15, 0.2) is 15.9 Å². The van der Waals surface area contributed by atoms with Crippen LogP contribution in [0.2, 0.25) is 0 Å². The molecule has 2 aliphatic rings. The number of carbonyl (C=O) groups excluding carboxylic acids is 2. The van der Waals surface area contributed by atoms with Crippen LogP contribution in [0, 0.1) is 24.1 Å². The number of aromatic nitrogens is 3. The number of allylic oxidation sites excluding steroid dienone is 3. The number of benzene rings is 1. The summed E-state index contributed by atoms with van der Waals surface area (Å²) in [6, 6.07) is 8.12. The van der Waals surface area contributed by atoms with Crippen molar-refractivity contribution in [3.8, 4) is 6.07 Å². The monoisotopic (exact) mass is 615 g/mol. The van der Waals surface area contributed by atoms with Gasteiger partial charge in [0.1, 0.15) is 17.4 Å². The van der Waals surface area contributed by atoms with Crippen molar-refractivity contribution in [2.45, 2.75) is 36.4 Å². The van der Waals surface area contributed by atoms with Crippen molar-refractivity contribution in [2.24, 2.45) is 5.73 Å². The minimum atomic E-state index is -0.929. The topological polar surface area (TPSA) is 151 Å². The molecule has 10 nitrogen and oxygen atoms in total. The summed E-state index contributed by atoms with van der Waals surface area (Å²) in [7, 11) is 0. The summed E-state index contributed by atoms with van der Waals surface area (Å²) >= 11 is 5.69. The Hall–Kier alpha value is -3.54. The molecule has 1 aliphatic carbocycles. The van der Waals surface area contributed by atoms with Crippen LogP contribution in [0.3, 0.4) is 0 Å². The number of rotatable bonds is 6. The zero-order valence-corrected chi connectivity index (χ0v) is 23.0. The van der Waals surface area contributed by atoms with Crippen molar-refractivity contribution in [1.29, 1.82) is 5.26 Å². The summed E-state index contributed by atoms with van der Waals surface area (Å²) in [4.78, 5) is 27.0. The fourth-order valence-electron chi connectivity index (χ4n) is 4.43. The number of anilines is 2. The third-order valence-corrected chi connectivity index (χ3v) is 8.53. The largest absolute Gasteiger partial charge is 0.384 e. The highest BCUT2D eigenvalue weighted by molar-refractivity contribution is 9.10. The van der Waals surface area contributed by atoms with Crippen molar-refractivity contribution in [1.82, 2.24) is 15.4 Å². The van der Waals surface area contributed by atoms with E-state index in [-0.39, 0.29) is 40.8 Å². The number of hydrogen-bond acceptors (Lipinski definition) is 11. The van der Waals surface area contributed by atoms with Gasteiger partial charge in [0.05, 0.1) is 23.3 Å². The van der Waals surface area contributed by atoms with E-state index in [2.05, 4.69) is 42.7 Å². The van der Waals surface area contributed by atoms with Gasteiger partial charge in [-0.2, -0.15) is 5.26 Å². The minimum absolute atomic E-state index is 0.0476. The van der Waals surface area contributed by atoms with E-state index in [1.807, 2.05) is 0 Å². The summed E-state index contributed by atoms with van der Waals surface area (Å²) in [6.07, 6.45) is 1.36. The second kappa shape index (κ2) is 10.7. The molecule has 1 unspecified atom stereocenters. The number of nitrogens with one attached hydrogen (secondary N) is 1. The highest BCUT2D eigenvalue weighted by atomic mass is 79.9. The van der Waals surface area contributed by atoms with Gasteiger partial charge in [0.25, 0.3) is 0 Å². The van der Waals surface area contributed by atoms with Gasteiger partial charge in [0.2, 0.25) is 11.0 Å². The Balaban J connectivity index is 1.46. The Morgan fingerprint density at radius 3 is 2.95 bits per heavy atom. The lowest BCUT2D eigenvalue weighted by Gasteiger charge is -2.38. The van der Waals surface area contributed by atoms with Gasteiger partial charge >= 0.3 is 0 Å². The van der Waals surface area contributed by atoms with Crippen molar-refractivity contribution >= 4 is 61.7 Å². The fourth-order valence-corrected chi connectivity index (χ4v) is 6.49. The van der Waals surface area contributed by atoms with Gasteiger partial charge in [-0.15, -0.1) is 10.2 Å². The van der Waals surface area contributed by atoms with Crippen LogP contribution in [0.25, 0.3) is 0 Å². The van der Waals surface area contributed by atoms with Gasteiger partial charge in [-0.3, -0.25) is 14.5 Å². The number of hydrogen-bond donors (Lipinski definition) is 2. The van der Waals surface area contributed by atoms with E-state index >= 15 is 0 Å². The lowest BCUT2D eigenvalue weighted by Crippen LogP contribution is -2.38. The molecular formula is C24H19BrFN7O3S2. The third-order valence-electron chi connectivity index (χ3n) is 5.99. The van der Waals surface area contributed by atoms with Crippen LogP contribution in [0.4, 0.5) is 15.3 Å². The number of thioether (sulfide) groups is 1. The summed E-state index contributed by atoms with van der Waals surface area (Å²) in [6.45, 7) is 1.72. The number of nitrogens with two attached hydrogens (primary N) is 1. The van der Waals surface area contributed by atoms with E-state index in [4.69, 9.17) is 10.3 Å². The molecule has 194 valence electrons. The SMILES string of the molecule is Cc1cc(NC(=O)CSc2nnc(N3C(N)=C(C#N)C(c4cc(Br)ccc4F)C4=C3CCCC4=O)s2)no1. The minimum Gasteiger partial charge on any atom is -0.384 e. The van der Waals surface area contributed by atoms with E-state index in [1.54, 1.807) is 30.0 Å². The van der Waals surface area contributed by atoms with Crippen LogP contribution in [-0.2, 0) is 9.59 Å². The Morgan fingerprint density at radius 2 is 2.21 bits per heavy atom. The molecule has 0 fully saturated rings. The standard InChI is InChI=1S/C24H19BrFN7O3S2/c1-11-7-18(32-36-11)29-19(35)10-37-24-31-30-23(38-24)33-16-3-2-4-17(34)21(16)20(14(9-27)22(33)28)13-8-12(25)5-6-15(13)26/h5-8,20H,2-4,10,28H2,1H3,(H,29,32,35). The molecule has 1 aliphatic heterocycles. The first kappa shape index (κ1) is 26.1. The second-order valence-corrected chi connectivity index (χ2v) is 11.6. The van der Waals surface area contributed by atoms with Gasteiger partial charge < -0.3 is 15.6 Å². The fraction of sp³-hybridized carbons (Fsp3) is 0.250. The Bertz CT molecular complexity index is 1560. The number of carbonyl (C=O) groups is 2. The number of nitriles is 1. The second-order valence-electron chi connectivity index (χ2n) is 8.49. The number of ketones is 1. The van der Waals surface area contributed by atoms with Crippen LogP contribution in [0.5, 0.6) is 0 Å². The lowest BCUT2D eigenvalue weighted by molar-refractivity contribution is -0.116. The molecule has 3 N–H and O–H groups in total. The molecule has 1 amide bonds. The van der Waals surface area contributed by atoms with E-state index < -0.39 is 11.7 Å². The summed E-state index contributed by atoms with van der Waals surface area (Å²) in [5, 5.41) is 25.2. The van der Waals surface area contributed by atoms with Crippen LogP contribution in [-0.4, -0.2) is 32.8 Å². The maximum absolute atomic E-state index is 15.0. The first-order valence-corrected chi connectivity index (χ1v) is 14.0. The predicted octanol–water partition coefficient (Wildman–Crippen LogP) is 4.77. The number of nitrogens with zero attached hydrogens (tertiary/aromatic N) is 5. The van der Waals surface area contributed by atoms with Gasteiger partial charge in [-0.1, -0.05) is 44.2 Å². The van der Waals surface area contributed by atoms with Crippen molar-refractivity contribution < 1.29 is 18.5 Å². The quantitative estimate of drug-likeness (QED) is 0.371. The van der Waals surface area contributed by atoms with Crippen molar-refractivity contribution in [3.05, 3.63) is 68.5 Å². The molecule has 2 aromatic heterocycles. The Kier molecular flexibility index (Phi) is 7.33.